The molecule has 1 aromatic carbocycles. The van der Waals surface area contributed by atoms with Crippen LogP contribution in [0.5, 0.6) is 0 Å². The quantitative estimate of drug-likeness (QED) is 0.768. The van der Waals surface area contributed by atoms with Gasteiger partial charge in [-0.05, 0) is 18.6 Å². The van der Waals surface area contributed by atoms with Crippen molar-refractivity contribution in [2.24, 2.45) is 0 Å². The predicted octanol–water partition coefficient (Wildman–Crippen LogP) is 1.95. The van der Waals surface area contributed by atoms with E-state index in [1.807, 2.05) is 36.5 Å². The van der Waals surface area contributed by atoms with Crippen LogP contribution in [-0.2, 0) is 6.54 Å². The number of hydrogen-bond donors (Lipinski definition) is 1. The number of benzene rings is 1. The zero-order chi connectivity index (χ0) is 14.1. The first-order valence-electron chi connectivity index (χ1n) is 6.23. The van der Waals surface area contributed by atoms with Crippen LogP contribution < -0.4 is 5.56 Å². The Balaban J connectivity index is 2.06. The van der Waals surface area contributed by atoms with Crippen LogP contribution in [0.25, 0.3) is 10.9 Å². The Labute approximate surface area is 115 Å². The van der Waals surface area contributed by atoms with Crippen LogP contribution >= 0.6 is 0 Å². The highest BCUT2D eigenvalue weighted by Gasteiger charge is 2.08. The minimum atomic E-state index is -0.266. The number of nitrogens with zero attached hydrogens (tertiary/aromatic N) is 3. The second kappa shape index (κ2) is 4.67. The second-order valence-electron chi connectivity index (χ2n) is 4.61. The number of H-pyrrole nitrogens is 1. The number of nitriles is 1. The lowest BCUT2D eigenvalue weighted by Crippen LogP contribution is -2.24. The van der Waals surface area contributed by atoms with Crippen LogP contribution in [0.3, 0.4) is 0 Å². The number of nitrogens with one attached hydrogen (secondary N) is 1. The number of rotatable bonds is 2. The lowest BCUT2D eigenvalue weighted by molar-refractivity contribution is 0.629. The largest absolute Gasteiger partial charge is 0.361 e. The van der Waals surface area contributed by atoms with Crippen LogP contribution in [0.2, 0.25) is 0 Å². The van der Waals surface area contributed by atoms with E-state index in [1.165, 1.54) is 10.7 Å². The molecular formula is C15H12N4O. The molecule has 0 aliphatic heterocycles. The fourth-order valence-corrected chi connectivity index (χ4v) is 2.24. The number of aromatic nitrogens is 3. The molecule has 98 valence electrons. The average molecular weight is 264 g/mol. The summed E-state index contributed by atoms with van der Waals surface area (Å²) in [5, 5.41) is 14.2. The minimum absolute atomic E-state index is 0.266. The molecule has 0 spiro atoms. The lowest BCUT2D eigenvalue weighted by atomic mass is 10.2. The van der Waals surface area contributed by atoms with E-state index in [2.05, 4.69) is 10.1 Å². The van der Waals surface area contributed by atoms with Crippen molar-refractivity contribution in [3.05, 3.63) is 63.7 Å². The van der Waals surface area contributed by atoms with Crippen molar-refractivity contribution < 1.29 is 0 Å². The maximum Gasteiger partial charge on any atom is 0.268 e. The van der Waals surface area contributed by atoms with Crippen molar-refractivity contribution in [2.45, 2.75) is 13.5 Å². The van der Waals surface area contributed by atoms with Crippen LogP contribution in [0, 0.1) is 18.3 Å². The fourth-order valence-electron chi connectivity index (χ4n) is 2.24. The average Bonchev–Trinajstić information content (AvgIpc) is 2.86. The Hall–Kier alpha value is -2.87. The molecule has 0 aliphatic rings. The van der Waals surface area contributed by atoms with Gasteiger partial charge in [0.1, 0.15) is 6.07 Å². The van der Waals surface area contributed by atoms with Crippen molar-refractivity contribution in [1.82, 2.24) is 14.8 Å². The number of fused-ring (bicyclic) bond motifs is 1. The highest BCUT2D eigenvalue weighted by Crippen LogP contribution is 2.18. The molecule has 5 nitrogen and oxygen atoms in total. The number of aromatic amines is 1. The standard InChI is InChI=1S/C15H12N4O/c1-10-11(7-16)6-15(20)19(18-10)9-12-8-17-14-5-3-2-4-13(12)14/h2-6,8,17H,9H2,1H3. The molecule has 2 heterocycles. The van der Waals surface area contributed by atoms with Gasteiger partial charge in [-0.2, -0.15) is 10.4 Å². The smallest absolute Gasteiger partial charge is 0.268 e. The molecule has 0 saturated heterocycles. The van der Waals surface area contributed by atoms with E-state index in [-0.39, 0.29) is 5.56 Å². The first-order valence-corrected chi connectivity index (χ1v) is 6.23. The van der Waals surface area contributed by atoms with Gasteiger partial charge in [0.15, 0.2) is 0 Å². The Morgan fingerprint density at radius 1 is 1.40 bits per heavy atom. The first-order chi connectivity index (χ1) is 9.69. The van der Waals surface area contributed by atoms with Crippen LogP contribution in [0.1, 0.15) is 16.8 Å². The summed E-state index contributed by atoms with van der Waals surface area (Å²) in [5.41, 5.74) is 2.65. The highest BCUT2D eigenvalue weighted by atomic mass is 16.1. The third-order valence-electron chi connectivity index (χ3n) is 3.30. The monoisotopic (exact) mass is 264 g/mol. The molecule has 0 aliphatic carbocycles. The Morgan fingerprint density at radius 3 is 3.00 bits per heavy atom. The van der Waals surface area contributed by atoms with E-state index in [0.29, 0.717) is 17.8 Å². The van der Waals surface area contributed by atoms with Gasteiger partial charge in [0, 0.05) is 23.2 Å². The highest BCUT2D eigenvalue weighted by molar-refractivity contribution is 5.82. The van der Waals surface area contributed by atoms with Gasteiger partial charge >= 0.3 is 0 Å². The third kappa shape index (κ3) is 1.97. The summed E-state index contributed by atoms with van der Waals surface area (Å²) in [6.07, 6.45) is 1.88. The molecule has 0 atom stereocenters. The predicted molar refractivity (Wildman–Crippen MR) is 75.3 cm³/mol. The van der Waals surface area contributed by atoms with Crippen molar-refractivity contribution in [3.63, 3.8) is 0 Å². The molecule has 0 bridgehead atoms. The SMILES string of the molecule is Cc1nn(Cc2c[nH]c3ccccc23)c(=O)cc1C#N. The van der Waals surface area contributed by atoms with Crippen LogP contribution in [-0.4, -0.2) is 14.8 Å². The Kier molecular flexibility index (Phi) is 2.84. The topological polar surface area (TPSA) is 74.5 Å². The third-order valence-corrected chi connectivity index (χ3v) is 3.30. The van der Waals surface area contributed by atoms with Gasteiger partial charge in [-0.3, -0.25) is 4.79 Å². The fraction of sp³-hybridized carbons (Fsp3) is 0.133. The summed E-state index contributed by atoms with van der Waals surface area (Å²) in [7, 11) is 0. The zero-order valence-corrected chi connectivity index (χ0v) is 10.9. The molecule has 0 amide bonds. The molecular weight excluding hydrogens is 252 g/mol. The number of para-hydroxylation sites is 1. The maximum absolute atomic E-state index is 12.0. The van der Waals surface area contributed by atoms with Gasteiger partial charge < -0.3 is 4.98 Å². The van der Waals surface area contributed by atoms with Gasteiger partial charge in [0.25, 0.3) is 5.56 Å². The van der Waals surface area contributed by atoms with E-state index in [1.54, 1.807) is 6.92 Å². The van der Waals surface area contributed by atoms with Crippen molar-refractivity contribution in [3.8, 4) is 6.07 Å². The summed E-state index contributed by atoms with van der Waals surface area (Å²) in [5.74, 6) is 0. The molecule has 3 rings (SSSR count). The van der Waals surface area contributed by atoms with Gasteiger partial charge in [-0.25, -0.2) is 4.68 Å². The van der Waals surface area contributed by atoms with Gasteiger partial charge in [-0.15, -0.1) is 0 Å². The second-order valence-corrected chi connectivity index (χ2v) is 4.61. The Morgan fingerprint density at radius 2 is 2.20 bits per heavy atom. The first kappa shape index (κ1) is 12.2. The van der Waals surface area contributed by atoms with Crippen LogP contribution in [0.15, 0.2) is 41.3 Å². The van der Waals surface area contributed by atoms with Crippen molar-refractivity contribution in [2.75, 3.05) is 0 Å². The van der Waals surface area contributed by atoms with Gasteiger partial charge in [0.2, 0.25) is 0 Å². The van der Waals surface area contributed by atoms with Gasteiger partial charge in [-0.1, -0.05) is 18.2 Å². The maximum atomic E-state index is 12.0. The summed E-state index contributed by atoms with van der Waals surface area (Å²) >= 11 is 0. The zero-order valence-electron chi connectivity index (χ0n) is 10.9. The molecule has 0 fully saturated rings. The van der Waals surface area contributed by atoms with Gasteiger partial charge in [0.05, 0.1) is 17.8 Å². The van der Waals surface area contributed by atoms with Crippen LogP contribution in [0.4, 0.5) is 0 Å². The molecule has 5 heteroatoms. The molecule has 1 N–H and O–H groups in total. The van der Waals surface area contributed by atoms with E-state index in [9.17, 15) is 4.79 Å². The lowest BCUT2D eigenvalue weighted by Gasteiger charge is -2.05. The summed E-state index contributed by atoms with van der Waals surface area (Å²) < 4.78 is 1.38. The molecule has 0 radical (unpaired) electrons. The van der Waals surface area contributed by atoms with E-state index in [0.717, 1.165) is 16.5 Å². The molecule has 0 saturated carbocycles. The van der Waals surface area contributed by atoms with E-state index >= 15 is 0 Å². The molecule has 0 unspecified atom stereocenters. The summed E-state index contributed by atoms with van der Waals surface area (Å²) in [6, 6.07) is 11.2. The normalized spacial score (nSPS) is 10.6. The van der Waals surface area contributed by atoms with E-state index in [4.69, 9.17) is 5.26 Å². The number of hydrogen-bond acceptors (Lipinski definition) is 3. The van der Waals surface area contributed by atoms with Crippen molar-refractivity contribution >= 4 is 10.9 Å². The minimum Gasteiger partial charge on any atom is -0.361 e. The molecule has 20 heavy (non-hydrogen) atoms. The van der Waals surface area contributed by atoms with Crippen molar-refractivity contribution in [1.29, 1.82) is 5.26 Å². The molecule has 3 aromatic rings. The summed E-state index contributed by atoms with van der Waals surface area (Å²) in [6.45, 7) is 2.11. The molecule has 2 aromatic heterocycles. The van der Waals surface area contributed by atoms with E-state index < -0.39 is 0 Å². The number of aryl methyl sites for hydroxylation is 1. The Bertz CT molecular complexity index is 883. The summed E-state index contributed by atoms with van der Waals surface area (Å²) in [4.78, 5) is 15.1.